The molecule has 0 saturated heterocycles. The minimum Gasteiger partial charge on any atom is -0.491 e. The largest absolute Gasteiger partial charge is 0.491 e. The first-order chi connectivity index (χ1) is 9.45. The molecule has 0 bridgehead atoms. The molecule has 1 N–H and O–H groups in total. The molecule has 2 rings (SSSR count). The maximum absolute atomic E-state index is 5.71. The zero-order chi connectivity index (χ0) is 14.7. The van der Waals surface area contributed by atoms with Gasteiger partial charge in [-0.3, -0.25) is 0 Å². The number of halogens is 1. The summed E-state index contributed by atoms with van der Waals surface area (Å²) in [4.78, 5) is 1.32. The summed E-state index contributed by atoms with van der Waals surface area (Å²) in [6.45, 7) is 8.36. The Morgan fingerprint density at radius 2 is 1.90 bits per heavy atom. The lowest BCUT2D eigenvalue weighted by molar-refractivity contribution is 0.242. The van der Waals surface area contributed by atoms with Crippen LogP contribution in [0.1, 0.15) is 37.3 Å². The maximum Gasteiger partial charge on any atom is 0.120 e. The number of thiophene rings is 1. The Hall–Kier alpha value is -1.000. The molecule has 0 fully saturated rings. The van der Waals surface area contributed by atoms with Crippen LogP contribution in [0.15, 0.2) is 34.1 Å². The molecule has 108 valence electrons. The lowest BCUT2D eigenvalue weighted by Gasteiger charge is -2.17. The SMILES string of the molecule is Cc1cc(OC(C)C)ccc1NC(C)c1ccc(Br)s1. The highest BCUT2D eigenvalue weighted by Crippen LogP contribution is 2.31. The molecule has 1 atom stereocenters. The van der Waals surface area contributed by atoms with E-state index in [0.717, 1.165) is 11.4 Å². The molecule has 0 radical (unpaired) electrons. The Morgan fingerprint density at radius 1 is 1.15 bits per heavy atom. The van der Waals surface area contributed by atoms with Crippen LogP contribution < -0.4 is 10.1 Å². The first kappa shape index (κ1) is 15.4. The molecule has 0 saturated carbocycles. The molecule has 0 aliphatic heterocycles. The zero-order valence-electron chi connectivity index (χ0n) is 12.2. The van der Waals surface area contributed by atoms with E-state index in [9.17, 15) is 0 Å². The number of hydrogen-bond acceptors (Lipinski definition) is 3. The zero-order valence-corrected chi connectivity index (χ0v) is 14.6. The van der Waals surface area contributed by atoms with E-state index in [1.54, 1.807) is 11.3 Å². The molecular formula is C16H20BrNOS. The van der Waals surface area contributed by atoms with E-state index in [1.807, 2.05) is 19.9 Å². The molecule has 1 heterocycles. The van der Waals surface area contributed by atoms with Crippen molar-refractivity contribution in [2.75, 3.05) is 5.32 Å². The molecule has 20 heavy (non-hydrogen) atoms. The van der Waals surface area contributed by atoms with Crippen LogP contribution in [-0.4, -0.2) is 6.10 Å². The highest BCUT2D eigenvalue weighted by atomic mass is 79.9. The normalized spacial score (nSPS) is 12.5. The molecule has 4 heteroatoms. The Kier molecular flexibility index (Phi) is 5.11. The number of anilines is 1. The van der Waals surface area contributed by atoms with E-state index in [0.29, 0.717) is 6.04 Å². The van der Waals surface area contributed by atoms with Gasteiger partial charge in [0.15, 0.2) is 0 Å². The summed E-state index contributed by atoms with van der Waals surface area (Å²) in [7, 11) is 0. The third-order valence-electron chi connectivity index (χ3n) is 2.96. The van der Waals surface area contributed by atoms with Crippen molar-refractivity contribution < 1.29 is 4.74 Å². The summed E-state index contributed by atoms with van der Waals surface area (Å²) >= 11 is 5.27. The van der Waals surface area contributed by atoms with E-state index in [-0.39, 0.29) is 6.10 Å². The van der Waals surface area contributed by atoms with Gasteiger partial charge in [0.2, 0.25) is 0 Å². The molecule has 2 aromatic rings. The van der Waals surface area contributed by atoms with Crippen molar-refractivity contribution in [1.82, 2.24) is 0 Å². The van der Waals surface area contributed by atoms with E-state index < -0.39 is 0 Å². The molecular weight excluding hydrogens is 334 g/mol. The lowest BCUT2D eigenvalue weighted by Crippen LogP contribution is -2.08. The lowest BCUT2D eigenvalue weighted by atomic mass is 10.1. The third kappa shape index (κ3) is 4.00. The van der Waals surface area contributed by atoms with E-state index in [4.69, 9.17) is 4.74 Å². The third-order valence-corrected chi connectivity index (χ3v) is 4.77. The second-order valence-corrected chi connectivity index (χ2v) is 7.65. The summed E-state index contributed by atoms with van der Waals surface area (Å²) < 4.78 is 6.88. The number of hydrogen-bond donors (Lipinski definition) is 1. The molecule has 0 aliphatic rings. The van der Waals surface area contributed by atoms with Gasteiger partial charge in [-0.15, -0.1) is 11.3 Å². The summed E-state index contributed by atoms with van der Waals surface area (Å²) in [6.07, 6.45) is 0.204. The van der Waals surface area contributed by atoms with Crippen molar-refractivity contribution in [1.29, 1.82) is 0 Å². The van der Waals surface area contributed by atoms with E-state index in [1.165, 1.54) is 14.2 Å². The van der Waals surface area contributed by atoms with Gasteiger partial charge >= 0.3 is 0 Å². The minimum atomic E-state index is 0.204. The van der Waals surface area contributed by atoms with Crippen LogP contribution in [0.25, 0.3) is 0 Å². The van der Waals surface area contributed by atoms with Gasteiger partial charge in [0.05, 0.1) is 15.9 Å². The Balaban J connectivity index is 2.09. The van der Waals surface area contributed by atoms with Crippen molar-refractivity contribution >= 4 is 33.0 Å². The smallest absolute Gasteiger partial charge is 0.120 e. The maximum atomic E-state index is 5.71. The van der Waals surface area contributed by atoms with Crippen LogP contribution in [-0.2, 0) is 0 Å². The molecule has 1 unspecified atom stereocenters. The van der Waals surface area contributed by atoms with E-state index >= 15 is 0 Å². The van der Waals surface area contributed by atoms with Crippen LogP contribution >= 0.6 is 27.3 Å². The van der Waals surface area contributed by atoms with Crippen molar-refractivity contribution in [2.45, 2.75) is 39.8 Å². The van der Waals surface area contributed by atoms with Gasteiger partial charge in [0, 0.05) is 10.6 Å². The number of rotatable bonds is 5. The highest BCUT2D eigenvalue weighted by Gasteiger charge is 2.10. The fourth-order valence-electron chi connectivity index (χ4n) is 2.01. The van der Waals surface area contributed by atoms with Gasteiger partial charge in [0.1, 0.15) is 5.75 Å². The van der Waals surface area contributed by atoms with Crippen LogP contribution in [0.2, 0.25) is 0 Å². The fourth-order valence-corrected chi connectivity index (χ4v) is 3.43. The van der Waals surface area contributed by atoms with Crippen LogP contribution in [0.4, 0.5) is 5.69 Å². The van der Waals surface area contributed by atoms with Gasteiger partial charge < -0.3 is 10.1 Å². The predicted octanol–water partition coefficient (Wildman–Crippen LogP) is 5.78. The Bertz CT molecular complexity index is 580. The number of nitrogens with one attached hydrogen (secondary N) is 1. The van der Waals surface area contributed by atoms with E-state index in [2.05, 4.69) is 59.4 Å². The average Bonchev–Trinajstić information content (AvgIpc) is 2.78. The first-order valence-electron chi connectivity index (χ1n) is 6.75. The van der Waals surface area contributed by atoms with Crippen molar-refractivity contribution in [3.63, 3.8) is 0 Å². The summed E-state index contributed by atoms with van der Waals surface area (Å²) in [6, 6.07) is 10.7. The van der Waals surface area contributed by atoms with Gasteiger partial charge in [-0.05, 0) is 79.5 Å². The van der Waals surface area contributed by atoms with Crippen LogP contribution in [0.5, 0.6) is 5.75 Å². The second kappa shape index (κ2) is 6.64. The number of benzene rings is 1. The standard InChI is InChI=1S/C16H20BrNOS/c1-10(2)19-13-5-6-14(11(3)9-13)18-12(4)15-7-8-16(17)20-15/h5-10,12,18H,1-4H3. The molecule has 0 amide bonds. The quantitative estimate of drug-likeness (QED) is 0.735. The number of ether oxygens (including phenoxy) is 1. The van der Waals surface area contributed by atoms with Gasteiger partial charge in [-0.2, -0.15) is 0 Å². The van der Waals surface area contributed by atoms with Crippen LogP contribution in [0, 0.1) is 6.92 Å². The minimum absolute atomic E-state index is 0.204. The summed E-state index contributed by atoms with van der Waals surface area (Å²) in [5.41, 5.74) is 2.35. The highest BCUT2D eigenvalue weighted by molar-refractivity contribution is 9.11. The average molecular weight is 354 g/mol. The fraction of sp³-hybridized carbons (Fsp3) is 0.375. The summed E-state index contributed by atoms with van der Waals surface area (Å²) in [5.74, 6) is 0.926. The molecule has 2 nitrogen and oxygen atoms in total. The Labute approximate surface area is 133 Å². The molecule has 1 aromatic carbocycles. The van der Waals surface area contributed by atoms with Gasteiger partial charge in [-0.25, -0.2) is 0 Å². The van der Waals surface area contributed by atoms with Crippen LogP contribution in [0.3, 0.4) is 0 Å². The summed E-state index contributed by atoms with van der Waals surface area (Å²) in [5, 5.41) is 3.55. The van der Waals surface area contributed by atoms with Crippen molar-refractivity contribution in [3.8, 4) is 5.75 Å². The predicted molar refractivity (Wildman–Crippen MR) is 91.0 cm³/mol. The number of aryl methyl sites for hydroxylation is 1. The topological polar surface area (TPSA) is 21.3 Å². The molecule has 0 spiro atoms. The monoisotopic (exact) mass is 353 g/mol. The van der Waals surface area contributed by atoms with Crippen molar-refractivity contribution in [3.05, 3.63) is 44.6 Å². The molecule has 0 aliphatic carbocycles. The molecule has 1 aromatic heterocycles. The van der Waals surface area contributed by atoms with Gasteiger partial charge in [-0.1, -0.05) is 0 Å². The Morgan fingerprint density at radius 3 is 2.45 bits per heavy atom. The van der Waals surface area contributed by atoms with Crippen molar-refractivity contribution in [2.24, 2.45) is 0 Å². The second-order valence-electron chi connectivity index (χ2n) is 5.15. The van der Waals surface area contributed by atoms with Gasteiger partial charge in [0.25, 0.3) is 0 Å². The first-order valence-corrected chi connectivity index (χ1v) is 8.35.